The molecule has 0 aliphatic carbocycles. The van der Waals surface area contributed by atoms with Crippen molar-refractivity contribution < 1.29 is 14.3 Å². The number of carbonyl (C=O) groups is 1. The number of halogens is 2. The van der Waals surface area contributed by atoms with E-state index in [-0.39, 0.29) is 5.91 Å². The van der Waals surface area contributed by atoms with E-state index >= 15 is 0 Å². The molecule has 176 valence electrons. The number of hydrogen-bond acceptors (Lipinski definition) is 4. The van der Waals surface area contributed by atoms with Crippen LogP contribution in [0.15, 0.2) is 36.4 Å². The number of piperidine rings is 1. The minimum absolute atomic E-state index is 0.112. The molecule has 2 N–H and O–H groups in total. The number of aromatic nitrogens is 1. The summed E-state index contributed by atoms with van der Waals surface area (Å²) in [6.07, 6.45) is 3.30. The van der Waals surface area contributed by atoms with Crippen LogP contribution in [0.25, 0.3) is 10.9 Å². The van der Waals surface area contributed by atoms with Crippen LogP contribution in [0.2, 0.25) is 10.0 Å². The molecule has 1 aromatic heterocycles. The highest BCUT2D eigenvalue weighted by molar-refractivity contribution is 6.42. The normalized spacial score (nSPS) is 15.0. The molecule has 0 saturated carbocycles. The number of H-pyrrole nitrogens is 1. The lowest BCUT2D eigenvalue weighted by atomic mass is 9.90. The van der Waals surface area contributed by atoms with Gasteiger partial charge in [-0.3, -0.25) is 4.79 Å². The topological polar surface area (TPSA) is 66.6 Å². The summed E-state index contributed by atoms with van der Waals surface area (Å²) in [4.78, 5) is 18.2. The Hall–Kier alpha value is -2.41. The van der Waals surface area contributed by atoms with Crippen molar-refractivity contribution in [3.8, 4) is 11.5 Å². The second-order valence-electron chi connectivity index (χ2n) is 8.47. The van der Waals surface area contributed by atoms with Crippen molar-refractivity contribution in [1.82, 2.24) is 15.2 Å². The largest absolute Gasteiger partial charge is 0.493 e. The van der Waals surface area contributed by atoms with Crippen molar-refractivity contribution in [3.63, 3.8) is 0 Å². The molecule has 0 atom stereocenters. The van der Waals surface area contributed by atoms with Crippen LogP contribution < -0.4 is 14.8 Å². The van der Waals surface area contributed by atoms with Gasteiger partial charge in [-0.25, -0.2) is 0 Å². The third-order valence-electron chi connectivity index (χ3n) is 6.30. The third kappa shape index (κ3) is 5.75. The second-order valence-corrected chi connectivity index (χ2v) is 9.29. The molecule has 6 nitrogen and oxygen atoms in total. The molecule has 4 rings (SSSR count). The summed E-state index contributed by atoms with van der Waals surface area (Å²) in [7, 11) is 3.19. The standard InChI is InChI=1S/C25H29Cl2N3O3/c1-32-23-14-18-13-22(29-21(18)15-24(23)33-2)25(31)28-7-10-30-8-5-16(6-9-30)11-17-3-4-19(26)20(27)12-17/h3-4,12-16,29H,5-11H2,1-2H3,(H,28,31). The van der Waals surface area contributed by atoms with E-state index in [4.69, 9.17) is 32.7 Å². The molecule has 1 aliphatic rings. The third-order valence-corrected chi connectivity index (χ3v) is 7.04. The number of ether oxygens (including phenoxy) is 2. The molecule has 0 radical (unpaired) electrons. The first-order valence-electron chi connectivity index (χ1n) is 11.2. The lowest BCUT2D eigenvalue weighted by Gasteiger charge is -2.32. The first-order valence-corrected chi connectivity index (χ1v) is 11.9. The number of methoxy groups -OCH3 is 2. The van der Waals surface area contributed by atoms with E-state index in [2.05, 4.69) is 21.3 Å². The Morgan fingerprint density at radius 2 is 1.79 bits per heavy atom. The number of rotatable bonds is 8. The maximum atomic E-state index is 12.6. The minimum Gasteiger partial charge on any atom is -0.493 e. The molecule has 8 heteroatoms. The monoisotopic (exact) mass is 489 g/mol. The molecule has 0 spiro atoms. The van der Waals surface area contributed by atoms with Crippen molar-refractivity contribution in [3.05, 3.63) is 57.7 Å². The Bertz CT molecular complexity index is 1080. The fourth-order valence-electron chi connectivity index (χ4n) is 4.42. The molecule has 3 aromatic rings. The highest BCUT2D eigenvalue weighted by atomic mass is 35.5. The van der Waals surface area contributed by atoms with Gasteiger partial charge in [-0.15, -0.1) is 0 Å². The van der Waals surface area contributed by atoms with E-state index in [1.165, 1.54) is 5.56 Å². The zero-order valence-electron chi connectivity index (χ0n) is 18.9. The highest BCUT2D eigenvalue weighted by Gasteiger charge is 2.20. The number of hydrogen-bond donors (Lipinski definition) is 2. The van der Waals surface area contributed by atoms with E-state index in [0.717, 1.165) is 49.8 Å². The molecule has 2 aromatic carbocycles. The van der Waals surface area contributed by atoms with Crippen LogP contribution in [-0.2, 0) is 6.42 Å². The smallest absolute Gasteiger partial charge is 0.267 e. The predicted molar refractivity (Wildman–Crippen MR) is 133 cm³/mol. The highest BCUT2D eigenvalue weighted by Crippen LogP contribution is 2.32. The van der Waals surface area contributed by atoms with Crippen molar-refractivity contribution in [2.24, 2.45) is 5.92 Å². The molecule has 1 saturated heterocycles. The number of likely N-dealkylation sites (tertiary alicyclic amines) is 1. The van der Waals surface area contributed by atoms with Crippen LogP contribution in [0, 0.1) is 5.92 Å². The quantitative estimate of drug-likeness (QED) is 0.457. The Morgan fingerprint density at radius 3 is 2.48 bits per heavy atom. The molecule has 1 aliphatic heterocycles. The zero-order chi connectivity index (χ0) is 23.4. The van der Waals surface area contributed by atoms with Gasteiger partial charge in [0.2, 0.25) is 0 Å². The van der Waals surface area contributed by atoms with Gasteiger partial charge in [-0.1, -0.05) is 29.3 Å². The van der Waals surface area contributed by atoms with Crippen molar-refractivity contribution in [1.29, 1.82) is 0 Å². The molecule has 0 bridgehead atoms. The summed E-state index contributed by atoms with van der Waals surface area (Å²) in [6, 6.07) is 11.4. The van der Waals surface area contributed by atoms with Crippen molar-refractivity contribution >= 4 is 40.0 Å². The Morgan fingerprint density at radius 1 is 1.06 bits per heavy atom. The fourth-order valence-corrected chi connectivity index (χ4v) is 4.74. The number of nitrogens with one attached hydrogen (secondary N) is 2. The molecule has 1 amide bonds. The van der Waals surface area contributed by atoms with Crippen LogP contribution in [0.1, 0.15) is 28.9 Å². The maximum absolute atomic E-state index is 12.6. The van der Waals surface area contributed by atoms with Gasteiger partial charge in [-0.2, -0.15) is 0 Å². The van der Waals surface area contributed by atoms with Gasteiger partial charge in [-0.05, 0) is 68.1 Å². The summed E-state index contributed by atoms with van der Waals surface area (Å²) in [5.41, 5.74) is 2.60. The van der Waals surface area contributed by atoms with E-state index < -0.39 is 0 Å². The van der Waals surface area contributed by atoms with Gasteiger partial charge >= 0.3 is 0 Å². The summed E-state index contributed by atoms with van der Waals surface area (Å²) in [5.74, 6) is 1.80. The number of fused-ring (bicyclic) bond motifs is 1. The predicted octanol–water partition coefficient (Wildman–Crippen LogP) is 5.18. The Labute approximate surface area is 204 Å². The van der Waals surface area contributed by atoms with Gasteiger partial charge in [0.1, 0.15) is 5.69 Å². The SMILES string of the molecule is COc1cc2cc(C(=O)NCCN3CCC(Cc4ccc(Cl)c(Cl)c4)CC3)[nH]c2cc1OC. The van der Waals surface area contributed by atoms with Gasteiger partial charge in [0.05, 0.1) is 24.3 Å². The van der Waals surface area contributed by atoms with Crippen LogP contribution in [0.5, 0.6) is 11.5 Å². The molecular formula is C25H29Cl2N3O3. The molecule has 2 heterocycles. The van der Waals surface area contributed by atoms with Gasteiger partial charge in [0, 0.05) is 30.1 Å². The Balaban J connectivity index is 1.23. The summed E-state index contributed by atoms with van der Waals surface area (Å²) < 4.78 is 10.7. The van der Waals surface area contributed by atoms with Crippen LogP contribution >= 0.6 is 23.2 Å². The molecule has 0 unspecified atom stereocenters. The van der Waals surface area contributed by atoms with Gasteiger partial charge in [0.15, 0.2) is 11.5 Å². The van der Waals surface area contributed by atoms with Crippen LogP contribution in [0.4, 0.5) is 0 Å². The lowest BCUT2D eigenvalue weighted by molar-refractivity contribution is 0.0940. The lowest BCUT2D eigenvalue weighted by Crippen LogP contribution is -2.40. The number of amides is 1. The summed E-state index contributed by atoms with van der Waals surface area (Å²) in [5, 5.41) is 5.15. The van der Waals surface area contributed by atoms with E-state index in [1.54, 1.807) is 14.2 Å². The van der Waals surface area contributed by atoms with E-state index in [0.29, 0.717) is 39.7 Å². The Kier molecular flexibility index (Phi) is 7.68. The van der Waals surface area contributed by atoms with Gasteiger partial charge < -0.3 is 24.7 Å². The molecule has 33 heavy (non-hydrogen) atoms. The second kappa shape index (κ2) is 10.7. The number of carbonyl (C=O) groups excluding carboxylic acids is 1. The first kappa shape index (κ1) is 23.7. The maximum Gasteiger partial charge on any atom is 0.267 e. The number of nitrogens with zero attached hydrogens (tertiary/aromatic N) is 1. The van der Waals surface area contributed by atoms with Crippen molar-refractivity contribution in [2.75, 3.05) is 40.4 Å². The summed E-state index contributed by atoms with van der Waals surface area (Å²) >= 11 is 12.2. The average Bonchev–Trinajstić information content (AvgIpc) is 3.24. The van der Waals surface area contributed by atoms with Crippen LogP contribution in [0.3, 0.4) is 0 Å². The number of aromatic amines is 1. The zero-order valence-corrected chi connectivity index (χ0v) is 20.4. The number of benzene rings is 2. The average molecular weight is 490 g/mol. The molecular weight excluding hydrogens is 461 g/mol. The van der Waals surface area contributed by atoms with Crippen LogP contribution in [-0.4, -0.2) is 56.2 Å². The summed E-state index contributed by atoms with van der Waals surface area (Å²) in [6.45, 7) is 3.52. The van der Waals surface area contributed by atoms with E-state index in [1.807, 2.05) is 30.3 Å². The minimum atomic E-state index is -0.112. The fraction of sp³-hybridized carbons (Fsp3) is 0.400. The first-order chi connectivity index (χ1) is 16.0. The molecule has 1 fully saturated rings. The van der Waals surface area contributed by atoms with Gasteiger partial charge in [0.25, 0.3) is 5.91 Å². The van der Waals surface area contributed by atoms with E-state index in [9.17, 15) is 4.79 Å². The van der Waals surface area contributed by atoms with Crippen molar-refractivity contribution in [2.45, 2.75) is 19.3 Å².